The van der Waals surface area contributed by atoms with Crippen molar-refractivity contribution in [1.82, 2.24) is 0 Å². The van der Waals surface area contributed by atoms with Gasteiger partial charge in [-0.2, -0.15) is 53.6 Å². The third-order valence-electron chi connectivity index (χ3n) is 7.08. The van der Waals surface area contributed by atoms with Crippen molar-refractivity contribution in [2.75, 3.05) is 0 Å². The number of hydrogen-bond donors (Lipinski definition) is 0. The molecule has 4 heteroatoms. The molecule has 0 aromatic heterocycles. The van der Waals surface area contributed by atoms with E-state index < -0.39 is 0 Å². The first-order chi connectivity index (χ1) is 17.5. The maximum Gasteiger partial charge on any atom is 4.00 e. The molecule has 207 valence electrons. The Balaban J connectivity index is 0.000000364. The summed E-state index contributed by atoms with van der Waals surface area (Å²) in [5, 5.41) is 0. The van der Waals surface area contributed by atoms with Crippen molar-refractivity contribution < 1.29 is 51.0 Å². The van der Waals surface area contributed by atoms with Gasteiger partial charge in [0.05, 0.1) is 0 Å². The molecule has 0 unspecified atom stereocenters. The van der Waals surface area contributed by atoms with Crippen LogP contribution in [0.2, 0.25) is 13.1 Å². The molecule has 40 heavy (non-hydrogen) atoms. The van der Waals surface area contributed by atoms with Gasteiger partial charge in [0.1, 0.15) is 0 Å². The summed E-state index contributed by atoms with van der Waals surface area (Å²) in [7, 11) is 0.750. The second-order valence-electron chi connectivity index (χ2n) is 12.3. The van der Waals surface area contributed by atoms with Crippen LogP contribution < -0.4 is 24.8 Å². The van der Waals surface area contributed by atoms with E-state index >= 15 is 0 Å². The van der Waals surface area contributed by atoms with E-state index in [1.165, 1.54) is 55.6 Å². The van der Waals surface area contributed by atoms with Gasteiger partial charge in [0.15, 0.2) is 0 Å². The van der Waals surface area contributed by atoms with Gasteiger partial charge in [-0.1, -0.05) is 114 Å². The van der Waals surface area contributed by atoms with Crippen molar-refractivity contribution in [3.05, 3.63) is 118 Å². The molecule has 6 rings (SSSR count). The molecule has 0 nitrogen and oxygen atoms in total. The topological polar surface area (TPSA) is 0 Å². The first kappa shape index (κ1) is 36.6. The van der Waals surface area contributed by atoms with Crippen LogP contribution in [0.4, 0.5) is 0 Å². The number of rotatable bonds is 0. The second kappa shape index (κ2) is 15.2. The van der Waals surface area contributed by atoms with E-state index in [-0.39, 0.29) is 61.8 Å². The average molecular weight is 664 g/mol. The predicted octanol–water partition coefficient (Wildman–Crippen LogP) is 3.24. The van der Waals surface area contributed by atoms with Gasteiger partial charge in [0.25, 0.3) is 0 Å². The largest absolute Gasteiger partial charge is 4.00 e. The van der Waals surface area contributed by atoms with Crippen LogP contribution in [0.25, 0.3) is 22.3 Å². The fraction of sp³-hybridized carbons (Fsp3) is 0.333. The van der Waals surface area contributed by atoms with E-state index in [9.17, 15) is 0 Å². The number of fused-ring (bicyclic) bond motifs is 6. The molecule has 0 spiro atoms. The third-order valence-corrected chi connectivity index (χ3v) is 7.08. The molecule has 2 aliphatic carbocycles. The van der Waals surface area contributed by atoms with E-state index in [0.29, 0.717) is 0 Å². The molecule has 0 amide bonds. The van der Waals surface area contributed by atoms with Crippen molar-refractivity contribution in [1.29, 1.82) is 0 Å². The normalized spacial score (nSPS) is 11.8. The minimum absolute atomic E-state index is 0. The summed E-state index contributed by atoms with van der Waals surface area (Å²) in [6.07, 6.45) is 2.07. The molecule has 0 heterocycles. The zero-order valence-electron chi connectivity index (χ0n) is 25.2. The Labute approximate surface area is 277 Å². The van der Waals surface area contributed by atoms with Gasteiger partial charge in [-0.3, -0.25) is 0 Å². The van der Waals surface area contributed by atoms with Crippen LogP contribution in [-0.4, -0.2) is 9.52 Å². The average Bonchev–Trinajstić information content (AvgIpc) is 3.41. The van der Waals surface area contributed by atoms with Crippen LogP contribution in [0.1, 0.15) is 74.9 Å². The Morgan fingerprint density at radius 3 is 1.82 bits per heavy atom. The molecule has 0 aliphatic heterocycles. The van der Waals surface area contributed by atoms with E-state index in [1.54, 1.807) is 0 Å². The first-order valence-electron chi connectivity index (χ1n) is 13.5. The molecule has 2 aliphatic rings. The Bertz CT molecular complexity index is 1290. The minimum atomic E-state index is 0. The van der Waals surface area contributed by atoms with Gasteiger partial charge >= 0.3 is 26.2 Å². The van der Waals surface area contributed by atoms with Crippen LogP contribution in [0, 0.1) is 12.1 Å². The van der Waals surface area contributed by atoms with E-state index in [4.69, 9.17) is 0 Å². The Morgan fingerprint density at radius 2 is 1.18 bits per heavy atom. The minimum Gasteiger partial charge on any atom is -1.00 e. The zero-order chi connectivity index (χ0) is 26.8. The molecular formula is C36H41Cl2SiZr. The van der Waals surface area contributed by atoms with Gasteiger partial charge in [0.2, 0.25) is 0 Å². The molecular weight excluding hydrogens is 623 g/mol. The van der Waals surface area contributed by atoms with Crippen LogP contribution in [0.15, 0.2) is 72.8 Å². The summed E-state index contributed by atoms with van der Waals surface area (Å²) in [4.78, 5) is 0. The van der Waals surface area contributed by atoms with Gasteiger partial charge in [-0.25, -0.2) is 0 Å². The fourth-order valence-electron chi connectivity index (χ4n) is 5.03. The molecule has 0 atom stereocenters. The van der Waals surface area contributed by atoms with Crippen molar-refractivity contribution in [3.63, 3.8) is 0 Å². The summed E-state index contributed by atoms with van der Waals surface area (Å²) in [5.74, 6) is 0. The standard InChI is InChI=1S/C21H25.C13H9.C2H7Si.2ClH.Zr/c1-20(2,3)16-7-9-18-14(12-16)11-15-13-17(21(4,5)6)8-10-19(15)18;1-3-7-12-10(5-1)9-11-6-2-4-8-13(11)12;1-3-2;;;/h7-10,12H,11H2,1-6H3;1-5,7-8H,9H2;3H,1-2H3;2*1H;/q2*-1;;;;+4/p-2. The molecule has 4 aromatic rings. The number of halogens is 2. The summed E-state index contributed by atoms with van der Waals surface area (Å²) >= 11 is 0. The number of benzene rings is 4. The zero-order valence-corrected chi connectivity index (χ0v) is 30.3. The molecule has 0 saturated carbocycles. The maximum atomic E-state index is 3.67. The number of hydrogen-bond acceptors (Lipinski definition) is 0. The molecule has 0 bridgehead atoms. The van der Waals surface area contributed by atoms with Gasteiger partial charge in [0, 0.05) is 9.52 Å². The SMILES string of the molecule is CC(C)(C)c1[c-]c2c(cc1)-c1ccc(C(C)(C)C)cc1C2.C[SiH]C.[Cl-].[Cl-].[Zr+4].[c-]1cccc2c1Cc1ccccc1-2. The van der Waals surface area contributed by atoms with Crippen LogP contribution in [0.5, 0.6) is 0 Å². The fourth-order valence-corrected chi connectivity index (χ4v) is 5.03. The van der Waals surface area contributed by atoms with Crippen LogP contribution in [0.3, 0.4) is 0 Å². The molecule has 0 fully saturated rings. The quantitative estimate of drug-likeness (QED) is 0.173. The van der Waals surface area contributed by atoms with Gasteiger partial charge in [-0.05, 0) is 34.8 Å². The summed E-state index contributed by atoms with van der Waals surface area (Å²) in [6.45, 7) is 18.0. The van der Waals surface area contributed by atoms with Crippen molar-refractivity contribution in [2.24, 2.45) is 0 Å². The van der Waals surface area contributed by atoms with Crippen LogP contribution >= 0.6 is 0 Å². The summed E-state index contributed by atoms with van der Waals surface area (Å²) in [5.41, 5.74) is 14.2. The monoisotopic (exact) mass is 661 g/mol. The van der Waals surface area contributed by atoms with Crippen molar-refractivity contribution in [2.45, 2.75) is 78.3 Å². The van der Waals surface area contributed by atoms with Gasteiger partial charge in [-0.15, -0.1) is 16.7 Å². The first-order valence-corrected chi connectivity index (χ1v) is 15.8. The Kier molecular flexibility index (Phi) is 13.9. The van der Waals surface area contributed by atoms with Crippen LogP contribution in [-0.2, 0) is 49.9 Å². The smallest absolute Gasteiger partial charge is 1.00 e. The van der Waals surface area contributed by atoms with E-state index in [0.717, 1.165) is 22.4 Å². The molecule has 0 saturated heterocycles. The molecule has 0 N–H and O–H groups in total. The Morgan fingerprint density at radius 1 is 0.625 bits per heavy atom. The molecule has 4 aromatic carbocycles. The third kappa shape index (κ3) is 8.32. The van der Waals surface area contributed by atoms with Crippen molar-refractivity contribution >= 4 is 9.52 Å². The maximum absolute atomic E-state index is 3.67. The Hall–Kier alpha value is -1.44. The summed E-state index contributed by atoms with van der Waals surface area (Å²) < 4.78 is 0. The molecule has 1 radical (unpaired) electrons. The predicted molar refractivity (Wildman–Crippen MR) is 163 cm³/mol. The second-order valence-corrected chi connectivity index (χ2v) is 13.4. The van der Waals surface area contributed by atoms with E-state index in [2.05, 4.69) is 133 Å². The van der Waals surface area contributed by atoms with Gasteiger partial charge < -0.3 is 24.8 Å². The summed E-state index contributed by atoms with van der Waals surface area (Å²) in [6, 6.07) is 33.3. The van der Waals surface area contributed by atoms with E-state index in [1.807, 2.05) is 6.07 Å². The van der Waals surface area contributed by atoms with Crippen molar-refractivity contribution in [3.8, 4) is 22.3 Å².